The van der Waals surface area contributed by atoms with Crippen LogP contribution >= 0.6 is 0 Å². The Bertz CT molecular complexity index is 185. The maximum absolute atomic E-state index is 10.5. The van der Waals surface area contributed by atoms with Gasteiger partial charge >= 0.3 is 5.97 Å². The standard InChI is InChI=1S/C9H15NO2/c11-9(12)4-7-3-8-2-1-6(7)5-10-8/h6-8,10H,1-5H2,(H,11,12). The van der Waals surface area contributed by atoms with Gasteiger partial charge in [0.2, 0.25) is 0 Å². The highest BCUT2D eigenvalue weighted by Gasteiger charge is 2.35. The molecule has 3 fully saturated rings. The average molecular weight is 169 g/mol. The molecule has 2 N–H and O–H groups in total. The summed E-state index contributed by atoms with van der Waals surface area (Å²) in [6, 6.07) is 0.611. The molecule has 3 unspecified atom stereocenters. The fourth-order valence-electron chi connectivity index (χ4n) is 2.57. The van der Waals surface area contributed by atoms with Gasteiger partial charge in [-0.25, -0.2) is 0 Å². The summed E-state index contributed by atoms with van der Waals surface area (Å²) in [4.78, 5) is 10.5. The van der Waals surface area contributed by atoms with E-state index in [0.717, 1.165) is 13.0 Å². The molecule has 0 amide bonds. The van der Waals surface area contributed by atoms with Crippen LogP contribution in [-0.4, -0.2) is 23.7 Å². The van der Waals surface area contributed by atoms with E-state index in [2.05, 4.69) is 5.32 Å². The molecular weight excluding hydrogens is 154 g/mol. The van der Waals surface area contributed by atoms with Crippen LogP contribution in [0.15, 0.2) is 0 Å². The predicted octanol–water partition coefficient (Wildman–Crippen LogP) is 0.849. The minimum Gasteiger partial charge on any atom is -0.481 e. The zero-order chi connectivity index (χ0) is 8.55. The number of carbonyl (C=O) groups is 1. The lowest BCUT2D eigenvalue weighted by Gasteiger charge is -2.42. The monoisotopic (exact) mass is 169 g/mol. The third-order valence-corrected chi connectivity index (χ3v) is 3.25. The van der Waals surface area contributed by atoms with Crippen LogP contribution in [0.3, 0.4) is 0 Å². The van der Waals surface area contributed by atoms with Crippen LogP contribution in [0.2, 0.25) is 0 Å². The number of fused-ring (bicyclic) bond motifs is 3. The Labute approximate surface area is 72.2 Å². The van der Waals surface area contributed by atoms with Gasteiger partial charge in [0.15, 0.2) is 0 Å². The summed E-state index contributed by atoms with van der Waals surface area (Å²) in [5.74, 6) is 0.446. The van der Waals surface area contributed by atoms with E-state index in [9.17, 15) is 4.79 Å². The molecule has 0 aromatic rings. The van der Waals surface area contributed by atoms with Crippen molar-refractivity contribution in [3.63, 3.8) is 0 Å². The third-order valence-electron chi connectivity index (χ3n) is 3.25. The van der Waals surface area contributed by atoms with E-state index in [1.807, 2.05) is 0 Å². The number of piperidine rings is 2. The second-order valence-electron chi connectivity index (χ2n) is 4.04. The van der Waals surface area contributed by atoms with Crippen LogP contribution in [-0.2, 0) is 4.79 Å². The number of carboxylic acids is 1. The Kier molecular flexibility index (Phi) is 2.05. The fraction of sp³-hybridized carbons (Fsp3) is 0.889. The van der Waals surface area contributed by atoms with Crippen molar-refractivity contribution >= 4 is 5.97 Å². The van der Waals surface area contributed by atoms with Crippen LogP contribution in [0.5, 0.6) is 0 Å². The number of carboxylic acid groups (broad SMARTS) is 1. The Morgan fingerprint density at radius 2 is 2.33 bits per heavy atom. The average Bonchev–Trinajstić information content (AvgIpc) is 2.05. The molecule has 3 heteroatoms. The first-order chi connectivity index (χ1) is 5.75. The van der Waals surface area contributed by atoms with Crippen molar-refractivity contribution in [1.82, 2.24) is 5.32 Å². The zero-order valence-electron chi connectivity index (χ0n) is 7.12. The van der Waals surface area contributed by atoms with Gasteiger partial charge in [0.25, 0.3) is 0 Å². The highest BCUT2D eigenvalue weighted by Crippen LogP contribution is 2.35. The topological polar surface area (TPSA) is 49.3 Å². The molecule has 68 valence electrons. The minimum absolute atomic E-state index is 0.378. The molecule has 3 aliphatic rings. The Balaban J connectivity index is 1.95. The highest BCUT2D eigenvalue weighted by atomic mass is 16.4. The Morgan fingerprint density at radius 3 is 2.75 bits per heavy atom. The lowest BCUT2D eigenvalue weighted by molar-refractivity contribution is -0.139. The van der Waals surface area contributed by atoms with Crippen molar-refractivity contribution in [3.05, 3.63) is 0 Å². The molecule has 2 aliphatic heterocycles. The van der Waals surface area contributed by atoms with Crippen molar-refractivity contribution < 1.29 is 9.90 Å². The van der Waals surface area contributed by atoms with E-state index in [1.165, 1.54) is 12.8 Å². The lowest BCUT2D eigenvalue weighted by Crippen LogP contribution is -2.49. The van der Waals surface area contributed by atoms with Gasteiger partial charge in [-0.3, -0.25) is 4.79 Å². The molecule has 0 spiro atoms. The number of nitrogens with one attached hydrogen (secondary N) is 1. The molecule has 0 radical (unpaired) electrons. The van der Waals surface area contributed by atoms with Crippen LogP contribution in [0.4, 0.5) is 0 Å². The molecule has 1 saturated carbocycles. The fourth-order valence-corrected chi connectivity index (χ4v) is 2.57. The summed E-state index contributed by atoms with van der Waals surface area (Å²) < 4.78 is 0. The molecule has 1 aliphatic carbocycles. The molecule has 0 aromatic heterocycles. The number of hydrogen-bond acceptors (Lipinski definition) is 2. The molecule has 12 heavy (non-hydrogen) atoms. The van der Waals surface area contributed by atoms with Gasteiger partial charge in [-0.15, -0.1) is 0 Å². The molecule has 0 aromatic carbocycles. The van der Waals surface area contributed by atoms with Gasteiger partial charge in [0.1, 0.15) is 0 Å². The SMILES string of the molecule is O=C(O)CC1CC2CCC1CN2. The first-order valence-corrected chi connectivity index (χ1v) is 4.71. The van der Waals surface area contributed by atoms with Gasteiger partial charge in [-0.05, 0) is 37.6 Å². The van der Waals surface area contributed by atoms with Crippen molar-refractivity contribution in [2.75, 3.05) is 6.54 Å². The van der Waals surface area contributed by atoms with E-state index < -0.39 is 5.97 Å². The van der Waals surface area contributed by atoms with Crippen molar-refractivity contribution in [1.29, 1.82) is 0 Å². The minimum atomic E-state index is -0.632. The third kappa shape index (κ3) is 1.46. The molecule has 3 atom stereocenters. The van der Waals surface area contributed by atoms with Gasteiger partial charge in [-0.2, -0.15) is 0 Å². The normalized spacial score (nSPS) is 39.8. The highest BCUT2D eigenvalue weighted by molar-refractivity contribution is 5.67. The Hall–Kier alpha value is -0.570. The van der Waals surface area contributed by atoms with E-state index in [4.69, 9.17) is 5.11 Å². The van der Waals surface area contributed by atoms with E-state index in [-0.39, 0.29) is 0 Å². The van der Waals surface area contributed by atoms with Crippen LogP contribution in [0.25, 0.3) is 0 Å². The molecule has 3 nitrogen and oxygen atoms in total. The first kappa shape index (κ1) is 8.05. The molecule has 3 rings (SSSR count). The van der Waals surface area contributed by atoms with Gasteiger partial charge in [-0.1, -0.05) is 0 Å². The molecule has 2 heterocycles. The van der Waals surface area contributed by atoms with E-state index in [0.29, 0.717) is 24.3 Å². The number of rotatable bonds is 2. The zero-order valence-corrected chi connectivity index (χ0v) is 7.12. The first-order valence-electron chi connectivity index (χ1n) is 4.71. The summed E-state index contributed by atoms with van der Waals surface area (Å²) in [5.41, 5.74) is 0. The van der Waals surface area contributed by atoms with Crippen molar-refractivity contribution in [3.8, 4) is 0 Å². The smallest absolute Gasteiger partial charge is 0.303 e. The van der Waals surface area contributed by atoms with Crippen molar-refractivity contribution in [2.24, 2.45) is 11.8 Å². The van der Waals surface area contributed by atoms with Gasteiger partial charge in [0.05, 0.1) is 0 Å². The molecular formula is C9H15NO2. The van der Waals surface area contributed by atoms with Crippen LogP contribution < -0.4 is 5.32 Å². The Morgan fingerprint density at radius 1 is 1.50 bits per heavy atom. The summed E-state index contributed by atoms with van der Waals surface area (Å²) in [6.45, 7) is 1.04. The quantitative estimate of drug-likeness (QED) is 0.644. The van der Waals surface area contributed by atoms with Crippen molar-refractivity contribution in [2.45, 2.75) is 31.7 Å². The summed E-state index contributed by atoms with van der Waals surface area (Å²) >= 11 is 0. The van der Waals surface area contributed by atoms with Crippen LogP contribution in [0, 0.1) is 11.8 Å². The second kappa shape index (κ2) is 3.05. The maximum atomic E-state index is 10.5. The summed E-state index contributed by atoms with van der Waals surface area (Å²) in [5, 5.41) is 12.1. The largest absolute Gasteiger partial charge is 0.481 e. The van der Waals surface area contributed by atoms with E-state index in [1.54, 1.807) is 0 Å². The predicted molar refractivity (Wildman–Crippen MR) is 44.9 cm³/mol. The van der Waals surface area contributed by atoms with Gasteiger partial charge < -0.3 is 10.4 Å². The van der Waals surface area contributed by atoms with Gasteiger partial charge in [0, 0.05) is 12.5 Å². The number of hydrogen-bond donors (Lipinski definition) is 2. The number of aliphatic carboxylic acids is 1. The van der Waals surface area contributed by atoms with E-state index >= 15 is 0 Å². The lowest BCUT2D eigenvalue weighted by atomic mass is 9.72. The second-order valence-corrected chi connectivity index (χ2v) is 4.04. The summed E-state index contributed by atoms with van der Waals surface area (Å²) in [7, 11) is 0. The van der Waals surface area contributed by atoms with Crippen LogP contribution in [0.1, 0.15) is 25.7 Å². The molecule has 2 saturated heterocycles. The molecule has 2 bridgehead atoms. The maximum Gasteiger partial charge on any atom is 0.303 e. The summed E-state index contributed by atoms with van der Waals surface area (Å²) in [6.07, 6.45) is 3.94.